The molecule has 1 aliphatic heterocycles. The minimum Gasteiger partial charge on any atom is -0.349 e. The molecule has 0 saturated heterocycles. The van der Waals surface area contributed by atoms with E-state index in [4.69, 9.17) is 5.26 Å². The van der Waals surface area contributed by atoms with Crippen LogP contribution in [0.2, 0.25) is 0 Å². The first kappa shape index (κ1) is 8.79. The summed E-state index contributed by atoms with van der Waals surface area (Å²) >= 11 is 3.10. The Bertz CT molecular complexity index is 345. The Morgan fingerprint density at radius 1 is 1.54 bits per heavy atom. The molecule has 2 nitrogen and oxygen atoms in total. The second kappa shape index (κ2) is 3.17. The van der Waals surface area contributed by atoms with Gasteiger partial charge in [0.2, 0.25) is 4.20 Å². The molecule has 2 rings (SSSR count). The number of anilines is 1. The third kappa shape index (κ3) is 1.38. The van der Waals surface area contributed by atoms with Crippen molar-refractivity contribution < 1.29 is 0 Å². The molecule has 13 heavy (non-hydrogen) atoms. The van der Waals surface area contributed by atoms with Crippen LogP contribution in [-0.2, 0) is 0 Å². The second-order valence-corrected chi connectivity index (χ2v) is 5.19. The molecular formula is C9H8N2S2. The molecule has 0 fully saturated rings. The molecule has 0 saturated carbocycles. The molecular weight excluding hydrogens is 200 g/mol. The van der Waals surface area contributed by atoms with Crippen LogP contribution < -0.4 is 5.32 Å². The first-order chi connectivity index (χ1) is 6.29. The molecule has 1 aliphatic rings. The van der Waals surface area contributed by atoms with Crippen LogP contribution in [0.5, 0.6) is 0 Å². The van der Waals surface area contributed by atoms with Gasteiger partial charge in [-0.25, -0.2) is 0 Å². The number of fused-ring (bicyclic) bond motifs is 1. The van der Waals surface area contributed by atoms with Gasteiger partial charge < -0.3 is 5.32 Å². The highest BCUT2D eigenvalue weighted by Crippen LogP contribution is 2.49. The fraction of sp³-hybridized carbons (Fsp3) is 0.222. The molecule has 1 N–H and O–H groups in total. The van der Waals surface area contributed by atoms with Gasteiger partial charge in [0.15, 0.2) is 0 Å². The van der Waals surface area contributed by atoms with Crippen molar-refractivity contribution >= 4 is 29.2 Å². The fourth-order valence-corrected chi connectivity index (χ4v) is 3.00. The van der Waals surface area contributed by atoms with Crippen LogP contribution in [0.15, 0.2) is 29.2 Å². The van der Waals surface area contributed by atoms with E-state index in [1.165, 1.54) is 11.8 Å². The van der Waals surface area contributed by atoms with E-state index in [0.717, 1.165) is 10.6 Å². The number of nitriles is 1. The van der Waals surface area contributed by atoms with Gasteiger partial charge in [-0.15, -0.1) is 11.8 Å². The molecule has 0 bridgehead atoms. The van der Waals surface area contributed by atoms with Gasteiger partial charge >= 0.3 is 0 Å². The first-order valence-electron chi connectivity index (χ1n) is 3.82. The van der Waals surface area contributed by atoms with E-state index < -0.39 is 4.20 Å². The molecule has 0 amide bonds. The average molecular weight is 208 g/mol. The number of hydrogen-bond acceptors (Lipinski definition) is 4. The molecule has 1 aromatic rings. The summed E-state index contributed by atoms with van der Waals surface area (Å²) in [5.74, 6) is 0. The molecule has 0 aliphatic carbocycles. The van der Waals surface area contributed by atoms with Gasteiger partial charge in [-0.3, -0.25) is 0 Å². The van der Waals surface area contributed by atoms with Crippen molar-refractivity contribution in [1.29, 1.82) is 5.26 Å². The molecule has 4 heteroatoms. The van der Waals surface area contributed by atoms with Crippen molar-refractivity contribution in [3.63, 3.8) is 0 Å². The fourth-order valence-electron chi connectivity index (χ4n) is 1.21. The van der Waals surface area contributed by atoms with E-state index in [1.54, 1.807) is 11.8 Å². The average Bonchev–Trinajstić information content (AvgIpc) is 2.57. The molecule has 1 heterocycles. The van der Waals surface area contributed by atoms with Gasteiger partial charge in [-0.1, -0.05) is 23.9 Å². The Hall–Kier alpha value is -0.790. The zero-order valence-corrected chi connectivity index (χ0v) is 8.71. The summed E-state index contributed by atoms with van der Waals surface area (Å²) < 4.78 is -0.524. The minimum absolute atomic E-state index is 0.524. The predicted octanol–water partition coefficient (Wildman–Crippen LogP) is 2.74. The standard InChI is InChI=1S/C9H8N2S2/c1-12-9(6-10)11-7-4-2-3-5-8(7)13-9/h2-5,11H,1H3. The summed E-state index contributed by atoms with van der Waals surface area (Å²) in [6.45, 7) is 0. The van der Waals surface area contributed by atoms with Crippen molar-refractivity contribution in [2.45, 2.75) is 9.10 Å². The lowest BCUT2D eigenvalue weighted by Gasteiger charge is -2.16. The predicted molar refractivity (Wildman–Crippen MR) is 57.8 cm³/mol. The maximum Gasteiger partial charge on any atom is 0.224 e. The molecule has 0 radical (unpaired) electrons. The van der Waals surface area contributed by atoms with Crippen molar-refractivity contribution in [3.05, 3.63) is 24.3 Å². The maximum absolute atomic E-state index is 9.03. The number of thioether (sulfide) groups is 2. The van der Waals surface area contributed by atoms with Crippen LogP contribution in [0.25, 0.3) is 0 Å². The summed E-state index contributed by atoms with van der Waals surface area (Å²) in [5.41, 5.74) is 1.06. The maximum atomic E-state index is 9.03. The van der Waals surface area contributed by atoms with Crippen molar-refractivity contribution in [2.75, 3.05) is 11.6 Å². The largest absolute Gasteiger partial charge is 0.349 e. The lowest BCUT2D eigenvalue weighted by molar-refractivity contribution is 1.19. The Morgan fingerprint density at radius 2 is 2.31 bits per heavy atom. The number of hydrogen-bond donors (Lipinski definition) is 1. The van der Waals surface area contributed by atoms with Crippen molar-refractivity contribution in [2.24, 2.45) is 0 Å². The van der Waals surface area contributed by atoms with E-state index in [0.29, 0.717) is 0 Å². The number of para-hydroxylation sites is 1. The van der Waals surface area contributed by atoms with Crippen LogP contribution in [0.3, 0.4) is 0 Å². The third-order valence-corrected chi connectivity index (χ3v) is 4.45. The second-order valence-electron chi connectivity index (χ2n) is 2.66. The van der Waals surface area contributed by atoms with Crippen molar-refractivity contribution in [3.8, 4) is 6.07 Å². The molecule has 0 spiro atoms. The Morgan fingerprint density at radius 3 is 2.92 bits per heavy atom. The third-order valence-electron chi connectivity index (χ3n) is 1.87. The summed E-state index contributed by atoms with van der Waals surface area (Å²) in [5, 5.41) is 12.2. The van der Waals surface area contributed by atoms with Crippen LogP contribution >= 0.6 is 23.5 Å². The molecule has 1 aromatic carbocycles. The number of benzene rings is 1. The molecule has 66 valence electrons. The quantitative estimate of drug-likeness (QED) is 0.769. The van der Waals surface area contributed by atoms with Gasteiger partial charge in [0.1, 0.15) is 6.07 Å². The molecule has 0 aromatic heterocycles. The van der Waals surface area contributed by atoms with Crippen LogP contribution in [0.4, 0.5) is 5.69 Å². The normalized spacial score (nSPS) is 24.6. The van der Waals surface area contributed by atoms with E-state index in [2.05, 4.69) is 11.4 Å². The van der Waals surface area contributed by atoms with E-state index in [-0.39, 0.29) is 0 Å². The lowest BCUT2D eigenvalue weighted by Crippen LogP contribution is -2.23. The van der Waals surface area contributed by atoms with Crippen LogP contribution in [0.1, 0.15) is 0 Å². The smallest absolute Gasteiger partial charge is 0.224 e. The highest BCUT2D eigenvalue weighted by Gasteiger charge is 2.37. The molecule has 1 atom stereocenters. The zero-order chi connectivity index (χ0) is 9.31. The topological polar surface area (TPSA) is 35.8 Å². The van der Waals surface area contributed by atoms with E-state index >= 15 is 0 Å². The number of nitrogens with zero attached hydrogens (tertiary/aromatic N) is 1. The minimum atomic E-state index is -0.524. The van der Waals surface area contributed by atoms with Crippen LogP contribution in [0, 0.1) is 11.3 Å². The van der Waals surface area contributed by atoms with Gasteiger partial charge in [0.25, 0.3) is 0 Å². The number of rotatable bonds is 1. The SMILES string of the molecule is CSC1(C#N)Nc2ccccc2S1. The number of nitrogens with one attached hydrogen (secondary N) is 1. The van der Waals surface area contributed by atoms with Crippen LogP contribution in [-0.4, -0.2) is 10.5 Å². The zero-order valence-electron chi connectivity index (χ0n) is 7.07. The molecule has 1 unspecified atom stereocenters. The first-order valence-corrected chi connectivity index (χ1v) is 5.86. The lowest BCUT2D eigenvalue weighted by atomic mass is 10.3. The highest BCUT2D eigenvalue weighted by molar-refractivity contribution is 8.18. The summed E-state index contributed by atoms with van der Waals surface area (Å²) in [6, 6.07) is 10.3. The van der Waals surface area contributed by atoms with Gasteiger partial charge in [-0.2, -0.15) is 5.26 Å². The van der Waals surface area contributed by atoms with Gasteiger partial charge in [0.05, 0.1) is 5.69 Å². The summed E-state index contributed by atoms with van der Waals surface area (Å²) in [6.07, 6.45) is 1.94. The highest BCUT2D eigenvalue weighted by atomic mass is 32.2. The summed E-state index contributed by atoms with van der Waals surface area (Å²) in [7, 11) is 0. The van der Waals surface area contributed by atoms with E-state index in [1.807, 2.05) is 30.5 Å². The van der Waals surface area contributed by atoms with Gasteiger partial charge in [-0.05, 0) is 18.4 Å². The van der Waals surface area contributed by atoms with E-state index in [9.17, 15) is 0 Å². The Kier molecular flexibility index (Phi) is 2.14. The van der Waals surface area contributed by atoms with Crippen molar-refractivity contribution in [1.82, 2.24) is 0 Å². The summed E-state index contributed by atoms with van der Waals surface area (Å²) in [4.78, 5) is 1.15. The van der Waals surface area contributed by atoms with Gasteiger partial charge in [0, 0.05) is 4.90 Å². The Labute approximate surface area is 85.7 Å². The Balaban J connectivity index is 2.37. The monoisotopic (exact) mass is 208 g/mol.